The van der Waals surface area contributed by atoms with Gasteiger partial charge < -0.3 is 10.5 Å². The quantitative estimate of drug-likeness (QED) is 0.771. The van der Waals surface area contributed by atoms with Crippen molar-refractivity contribution in [2.75, 3.05) is 26.2 Å². The van der Waals surface area contributed by atoms with Crippen molar-refractivity contribution >= 4 is 0 Å². The Morgan fingerprint density at radius 1 is 1.11 bits per heavy atom. The first kappa shape index (κ1) is 15.0. The lowest BCUT2D eigenvalue weighted by Crippen LogP contribution is -2.33. The van der Waals surface area contributed by atoms with E-state index in [2.05, 4.69) is 37.8 Å². The zero-order valence-electron chi connectivity index (χ0n) is 11.9. The van der Waals surface area contributed by atoms with E-state index >= 15 is 0 Å². The molecule has 2 N–H and O–H groups in total. The topological polar surface area (TPSA) is 38.5 Å². The maximum atomic E-state index is 5.90. The van der Waals surface area contributed by atoms with Gasteiger partial charge in [0.05, 0.1) is 6.61 Å². The highest BCUT2D eigenvalue weighted by Gasteiger charge is 2.15. The molecule has 3 nitrogen and oxygen atoms in total. The number of nitrogens with two attached hydrogens (primary N) is 1. The van der Waals surface area contributed by atoms with Crippen LogP contribution in [0, 0.1) is 0 Å². The minimum atomic E-state index is 0.306. The Balaban J connectivity index is 2.74. The van der Waals surface area contributed by atoms with Crippen LogP contribution in [0.5, 0.6) is 5.75 Å². The molecule has 0 spiro atoms. The molecule has 1 atom stereocenters. The average Bonchev–Trinajstić information content (AvgIpc) is 2.43. The zero-order valence-corrected chi connectivity index (χ0v) is 11.9. The second-order valence-electron chi connectivity index (χ2n) is 4.39. The molecular weight excluding hydrogens is 224 g/mol. The van der Waals surface area contributed by atoms with E-state index in [0.717, 1.165) is 31.9 Å². The molecule has 0 fully saturated rings. The second kappa shape index (κ2) is 8.11. The fourth-order valence-electron chi connectivity index (χ4n) is 2.17. The number of benzene rings is 1. The van der Waals surface area contributed by atoms with Gasteiger partial charge in [0.2, 0.25) is 0 Å². The maximum absolute atomic E-state index is 5.90. The number of ether oxygens (including phenoxy) is 1. The first-order valence-corrected chi connectivity index (χ1v) is 6.93. The molecule has 0 aliphatic heterocycles. The van der Waals surface area contributed by atoms with Crippen LogP contribution < -0.4 is 10.5 Å². The van der Waals surface area contributed by atoms with Gasteiger partial charge in [-0.3, -0.25) is 4.90 Å². The molecule has 0 saturated heterocycles. The van der Waals surface area contributed by atoms with Gasteiger partial charge in [-0.15, -0.1) is 0 Å². The molecule has 3 heteroatoms. The normalized spacial score (nSPS) is 12.7. The molecule has 0 aromatic heterocycles. The third-order valence-corrected chi connectivity index (χ3v) is 3.21. The lowest BCUT2D eigenvalue weighted by molar-refractivity contribution is 0.224. The summed E-state index contributed by atoms with van der Waals surface area (Å²) in [5.74, 6) is 0.941. The van der Waals surface area contributed by atoms with Crippen molar-refractivity contribution in [2.45, 2.75) is 33.2 Å². The van der Waals surface area contributed by atoms with Gasteiger partial charge in [0, 0.05) is 12.6 Å². The predicted molar refractivity (Wildman–Crippen MR) is 76.9 cm³/mol. The van der Waals surface area contributed by atoms with Gasteiger partial charge in [0.1, 0.15) is 5.75 Å². The standard InChI is InChI=1S/C15H26N2O/c1-4-11-18-14-9-7-13(8-10-14)15(12-16)17(5-2)6-3/h7-10,15H,4-6,11-12,16H2,1-3H3. The Kier molecular flexibility index (Phi) is 6.76. The number of nitrogens with zero attached hydrogens (tertiary/aromatic N) is 1. The van der Waals surface area contributed by atoms with Gasteiger partial charge in [0.15, 0.2) is 0 Å². The van der Waals surface area contributed by atoms with Gasteiger partial charge in [-0.1, -0.05) is 32.9 Å². The Morgan fingerprint density at radius 2 is 1.72 bits per heavy atom. The SMILES string of the molecule is CCCOc1ccc(C(CN)N(CC)CC)cc1. The summed E-state index contributed by atoms with van der Waals surface area (Å²) >= 11 is 0. The molecule has 0 saturated carbocycles. The summed E-state index contributed by atoms with van der Waals surface area (Å²) in [6.07, 6.45) is 1.03. The summed E-state index contributed by atoms with van der Waals surface area (Å²) in [7, 11) is 0. The van der Waals surface area contributed by atoms with Crippen molar-refractivity contribution < 1.29 is 4.74 Å². The van der Waals surface area contributed by atoms with E-state index in [1.807, 2.05) is 12.1 Å². The monoisotopic (exact) mass is 250 g/mol. The highest BCUT2D eigenvalue weighted by Crippen LogP contribution is 2.22. The fraction of sp³-hybridized carbons (Fsp3) is 0.600. The van der Waals surface area contributed by atoms with Gasteiger partial charge >= 0.3 is 0 Å². The van der Waals surface area contributed by atoms with Crippen LogP contribution in [0.4, 0.5) is 0 Å². The Bertz CT molecular complexity index is 320. The predicted octanol–water partition coefficient (Wildman–Crippen LogP) is 2.82. The molecule has 1 rings (SSSR count). The molecule has 1 aromatic rings. The number of likely N-dealkylation sites (N-methyl/N-ethyl adjacent to an activating group) is 1. The second-order valence-corrected chi connectivity index (χ2v) is 4.39. The first-order chi connectivity index (χ1) is 8.76. The van der Waals surface area contributed by atoms with Crippen LogP contribution in [-0.2, 0) is 0 Å². The van der Waals surface area contributed by atoms with E-state index < -0.39 is 0 Å². The highest BCUT2D eigenvalue weighted by molar-refractivity contribution is 5.29. The first-order valence-electron chi connectivity index (χ1n) is 6.93. The fourth-order valence-corrected chi connectivity index (χ4v) is 2.17. The molecule has 0 amide bonds. The molecule has 0 radical (unpaired) electrons. The Labute approximate surface area is 111 Å². The third kappa shape index (κ3) is 4.00. The van der Waals surface area contributed by atoms with E-state index in [0.29, 0.717) is 12.6 Å². The third-order valence-electron chi connectivity index (χ3n) is 3.21. The summed E-state index contributed by atoms with van der Waals surface area (Å²) in [5.41, 5.74) is 7.17. The molecule has 0 aliphatic rings. The van der Waals surface area contributed by atoms with Crippen molar-refractivity contribution in [1.82, 2.24) is 4.90 Å². The van der Waals surface area contributed by atoms with Crippen LogP contribution in [0.2, 0.25) is 0 Å². The molecule has 0 aliphatic carbocycles. The maximum Gasteiger partial charge on any atom is 0.119 e. The van der Waals surface area contributed by atoms with Gasteiger partial charge in [-0.25, -0.2) is 0 Å². The molecule has 1 unspecified atom stereocenters. The summed E-state index contributed by atoms with van der Waals surface area (Å²) < 4.78 is 5.59. The van der Waals surface area contributed by atoms with Crippen molar-refractivity contribution in [3.8, 4) is 5.75 Å². The minimum absolute atomic E-state index is 0.306. The highest BCUT2D eigenvalue weighted by atomic mass is 16.5. The number of hydrogen-bond acceptors (Lipinski definition) is 3. The lowest BCUT2D eigenvalue weighted by Gasteiger charge is -2.29. The van der Waals surface area contributed by atoms with Crippen LogP contribution >= 0.6 is 0 Å². The molecule has 1 aromatic carbocycles. The van der Waals surface area contributed by atoms with Crippen LogP contribution in [0.1, 0.15) is 38.8 Å². The van der Waals surface area contributed by atoms with Crippen molar-refractivity contribution in [3.05, 3.63) is 29.8 Å². The van der Waals surface area contributed by atoms with Gasteiger partial charge in [-0.05, 0) is 37.2 Å². The number of hydrogen-bond donors (Lipinski definition) is 1. The van der Waals surface area contributed by atoms with Crippen LogP contribution in [0.15, 0.2) is 24.3 Å². The molecular formula is C15H26N2O. The smallest absolute Gasteiger partial charge is 0.119 e. The lowest BCUT2D eigenvalue weighted by atomic mass is 10.1. The van der Waals surface area contributed by atoms with Crippen LogP contribution in [0.25, 0.3) is 0 Å². The summed E-state index contributed by atoms with van der Waals surface area (Å²) in [6.45, 7) is 9.92. The summed E-state index contributed by atoms with van der Waals surface area (Å²) in [5, 5.41) is 0. The molecule has 18 heavy (non-hydrogen) atoms. The minimum Gasteiger partial charge on any atom is -0.494 e. The van der Waals surface area contributed by atoms with Crippen molar-refractivity contribution in [1.29, 1.82) is 0 Å². The molecule has 102 valence electrons. The average molecular weight is 250 g/mol. The van der Waals surface area contributed by atoms with E-state index in [9.17, 15) is 0 Å². The zero-order chi connectivity index (χ0) is 13.4. The van der Waals surface area contributed by atoms with Gasteiger partial charge in [-0.2, -0.15) is 0 Å². The van der Waals surface area contributed by atoms with E-state index in [4.69, 9.17) is 10.5 Å². The number of rotatable bonds is 8. The molecule has 0 heterocycles. The van der Waals surface area contributed by atoms with Crippen LogP contribution in [-0.4, -0.2) is 31.1 Å². The van der Waals surface area contributed by atoms with Gasteiger partial charge in [0.25, 0.3) is 0 Å². The Morgan fingerprint density at radius 3 is 2.17 bits per heavy atom. The van der Waals surface area contributed by atoms with E-state index in [1.165, 1.54) is 5.56 Å². The molecule has 0 bridgehead atoms. The summed E-state index contributed by atoms with van der Waals surface area (Å²) in [4.78, 5) is 2.38. The summed E-state index contributed by atoms with van der Waals surface area (Å²) in [6, 6.07) is 8.64. The Hall–Kier alpha value is -1.06. The van der Waals surface area contributed by atoms with Crippen molar-refractivity contribution in [3.63, 3.8) is 0 Å². The largest absolute Gasteiger partial charge is 0.494 e. The van der Waals surface area contributed by atoms with Crippen LogP contribution in [0.3, 0.4) is 0 Å². The van der Waals surface area contributed by atoms with Crippen molar-refractivity contribution in [2.24, 2.45) is 5.73 Å². The van der Waals surface area contributed by atoms with E-state index in [-0.39, 0.29) is 0 Å². The van der Waals surface area contributed by atoms with E-state index in [1.54, 1.807) is 0 Å².